The molecule has 0 saturated heterocycles. The summed E-state index contributed by atoms with van der Waals surface area (Å²) in [7, 11) is 1.78. The Hall–Kier alpha value is -0.315. The van der Waals surface area contributed by atoms with Gasteiger partial charge in [0.2, 0.25) is 0 Å². The van der Waals surface area contributed by atoms with Gasteiger partial charge >= 0.3 is 7.48 Å². The van der Waals surface area contributed by atoms with E-state index in [4.69, 9.17) is 4.65 Å². The van der Waals surface area contributed by atoms with Crippen molar-refractivity contribution in [1.29, 1.82) is 0 Å². The zero-order chi connectivity index (χ0) is 15.2. The Labute approximate surface area is 128 Å². The summed E-state index contributed by atoms with van der Waals surface area (Å²) in [5.41, 5.74) is -0.0795. The van der Waals surface area contributed by atoms with Crippen LogP contribution >= 0.6 is 11.3 Å². The average Bonchev–Trinajstić information content (AvgIpc) is 2.79. The summed E-state index contributed by atoms with van der Waals surface area (Å²) in [6, 6.07) is 2.19. The molecule has 0 aromatic carbocycles. The average molecular weight is 295 g/mol. The topological polar surface area (TPSA) is 29.5 Å². The maximum Gasteiger partial charge on any atom is 0.341 e. The van der Waals surface area contributed by atoms with E-state index in [1.807, 2.05) is 13.8 Å². The number of rotatable bonds is 9. The molecule has 1 aromatic rings. The van der Waals surface area contributed by atoms with E-state index in [9.17, 15) is 5.11 Å². The second-order valence-electron chi connectivity index (χ2n) is 6.47. The molecule has 1 radical (unpaired) electrons. The van der Waals surface area contributed by atoms with Crippen LogP contribution in [0.1, 0.15) is 65.9 Å². The summed E-state index contributed by atoms with van der Waals surface area (Å²) in [5.74, 6) is 0. The maximum absolute atomic E-state index is 10.1. The fraction of sp³-hybridized carbons (Fsp3) is 0.750. The van der Waals surface area contributed by atoms with Crippen LogP contribution in [0.2, 0.25) is 0 Å². The Balaban J connectivity index is 2.41. The highest BCUT2D eigenvalue weighted by Gasteiger charge is 2.35. The number of thiophene rings is 1. The third-order valence-corrected chi connectivity index (χ3v) is 4.84. The summed E-state index contributed by atoms with van der Waals surface area (Å²) in [5, 5.41) is 12.3. The smallest absolute Gasteiger partial charge is 0.341 e. The van der Waals surface area contributed by atoms with Gasteiger partial charge in [0.25, 0.3) is 0 Å². The summed E-state index contributed by atoms with van der Waals surface area (Å²) < 4.78 is 6.89. The van der Waals surface area contributed by atoms with E-state index in [2.05, 4.69) is 18.4 Å². The van der Waals surface area contributed by atoms with Crippen LogP contribution in [-0.2, 0) is 11.1 Å². The lowest BCUT2D eigenvalue weighted by molar-refractivity contribution is -0.0892. The van der Waals surface area contributed by atoms with Gasteiger partial charge in [-0.05, 0) is 56.3 Å². The molecule has 0 fully saturated rings. The zero-order valence-corrected chi connectivity index (χ0v) is 14.3. The molecule has 1 rings (SSSR count). The Bertz CT molecular complexity index is 393. The Morgan fingerprint density at radius 2 is 1.90 bits per heavy atom. The van der Waals surface area contributed by atoms with E-state index in [0.717, 1.165) is 11.2 Å². The Morgan fingerprint density at radius 3 is 2.50 bits per heavy atom. The lowest BCUT2D eigenvalue weighted by Crippen LogP contribution is -2.49. The second kappa shape index (κ2) is 7.62. The first-order valence-electron chi connectivity index (χ1n) is 7.57. The standard InChI is InChI=1S/C16H28BO2S/c1-6-7-8-9-10-13-11-14(20-12-13)17-19-16(4,5)15(2,3)18/h11-12,18H,6-10H2,1-5H3. The van der Waals surface area contributed by atoms with E-state index >= 15 is 0 Å². The SMILES string of the molecule is CCCCCCc1csc([B]OC(C)(C)C(C)(C)O)c1. The number of hydrogen-bond acceptors (Lipinski definition) is 3. The van der Waals surface area contributed by atoms with Gasteiger partial charge in [0.15, 0.2) is 0 Å². The summed E-state index contributed by atoms with van der Waals surface area (Å²) in [4.78, 5) is 0. The molecular formula is C16H28BO2S. The van der Waals surface area contributed by atoms with Crippen molar-refractivity contribution in [3.8, 4) is 0 Å². The first-order chi connectivity index (χ1) is 9.26. The predicted octanol–water partition coefficient (Wildman–Crippen LogP) is 3.68. The van der Waals surface area contributed by atoms with Gasteiger partial charge in [-0.25, -0.2) is 0 Å². The Morgan fingerprint density at radius 1 is 1.20 bits per heavy atom. The lowest BCUT2D eigenvalue weighted by atomic mass is 9.86. The second-order valence-corrected chi connectivity index (χ2v) is 7.42. The van der Waals surface area contributed by atoms with E-state index in [1.54, 1.807) is 32.7 Å². The Kier molecular flexibility index (Phi) is 6.76. The molecule has 0 unspecified atom stereocenters. The third kappa shape index (κ3) is 5.59. The van der Waals surface area contributed by atoms with Gasteiger partial charge in [0.05, 0.1) is 11.2 Å². The van der Waals surface area contributed by atoms with Crippen molar-refractivity contribution in [1.82, 2.24) is 0 Å². The van der Waals surface area contributed by atoms with E-state index in [0.29, 0.717) is 0 Å². The summed E-state index contributed by atoms with van der Waals surface area (Å²) in [6.07, 6.45) is 6.33. The van der Waals surface area contributed by atoms with Crippen LogP contribution in [0.4, 0.5) is 0 Å². The molecule has 0 amide bonds. The van der Waals surface area contributed by atoms with E-state index in [-0.39, 0.29) is 0 Å². The molecule has 2 nitrogen and oxygen atoms in total. The number of unbranched alkanes of at least 4 members (excludes halogenated alkanes) is 3. The lowest BCUT2D eigenvalue weighted by Gasteiger charge is -2.37. The van der Waals surface area contributed by atoms with Crippen molar-refractivity contribution < 1.29 is 9.76 Å². The molecular weight excluding hydrogens is 267 g/mol. The number of aliphatic hydroxyl groups is 1. The summed E-state index contributed by atoms with van der Waals surface area (Å²) >= 11 is 1.70. The van der Waals surface area contributed by atoms with Crippen LogP contribution in [-0.4, -0.2) is 23.8 Å². The third-order valence-electron chi connectivity index (χ3n) is 3.94. The molecule has 1 heterocycles. The van der Waals surface area contributed by atoms with Crippen molar-refractivity contribution in [2.24, 2.45) is 0 Å². The van der Waals surface area contributed by atoms with Gasteiger partial charge in [0.1, 0.15) is 0 Å². The van der Waals surface area contributed by atoms with Crippen LogP contribution < -0.4 is 4.78 Å². The molecule has 4 heteroatoms. The highest BCUT2D eigenvalue weighted by atomic mass is 32.1. The van der Waals surface area contributed by atoms with Crippen LogP contribution in [0.15, 0.2) is 11.4 Å². The minimum atomic E-state index is -0.871. The van der Waals surface area contributed by atoms with Gasteiger partial charge in [-0.3, -0.25) is 0 Å². The van der Waals surface area contributed by atoms with Gasteiger partial charge in [-0.15, -0.1) is 0 Å². The summed E-state index contributed by atoms with van der Waals surface area (Å²) in [6.45, 7) is 9.59. The van der Waals surface area contributed by atoms with Crippen LogP contribution in [0.25, 0.3) is 0 Å². The van der Waals surface area contributed by atoms with Gasteiger partial charge in [-0.1, -0.05) is 32.3 Å². The predicted molar refractivity (Wildman–Crippen MR) is 89.0 cm³/mol. The van der Waals surface area contributed by atoms with Gasteiger partial charge in [-0.2, -0.15) is 11.3 Å². The molecule has 0 aliphatic carbocycles. The molecule has 1 aromatic heterocycles. The van der Waals surface area contributed by atoms with Crippen molar-refractivity contribution in [2.45, 2.75) is 77.9 Å². The number of aryl methyl sites for hydroxylation is 1. The van der Waals surface area contributed by atoms with Crippen molar-refractivity contribution in [3.63, 3.8) is 0 Å². The minimum Gasteiger partial charge on any atom is -0.426 e. The van der Waals surface area contributed by atoms with Crippen LogP contribution in [0, 0.1) is 0 Å². The highest BCUT2D eigenvalue weighted by molar-refractivity contribution is 7.19. The first-order valence-corrected chi connectivity index (χ1v) is 8.45. The molecule has 0 spiro atoms. The maximum atomic E-state index is 10.1. The number of hydrogen-bond donors (Lipinski definition) is 1. The van der Waals surface area contributed by atoms with E-state index in [1.165, 1.54) is 31.2 Å². The van der Waals surface area contributed by atoms with Gasteiger partial charge < -0.3 is 9.76 Å². The minimum absolute atomic E-state index is 0.599. The molecule has 0 saturated carbocycles. The fourth-order valence-corrected chi connectivity index (χ4v) is 2.49. The zero-order valence-electron chi connectivity index (χ0n) is 13.5. The monoisotopic (exact) mass is 295 g/mol. The van der Waals surface area contributed by atoms with Crippen molar-refractivity contribution >= 4 is 23.6 Å². The van der Waals surface area contributed by atoms with Crippen molar-refractivity contribution in [2.75, 3.05) is 0 Å². The first kappa shape index (κ1) is 17.7. The molecule has 0 aliphatic heterocycles. The molecule has 1 N–H and O–H groups in total. The quantitative estimate of drug-likeness (QED) is 0.556. The normalized spacial score (nSPS) is 12.7. The van der Waals surface area contributed by atoms with Crippen LogP contribution in [0.3, 0.4) is 0 Å². The molecule has 113 valence electrons. The van der Waals surface area contributed by atoms with E-state index < -0.39 is 11.2 Å². The molecule has 0 aliphatic rings. The van der Waals surface area contributed by atoms with Gasteiger partial charge in [0, 0.05) is 0 Å². The van der Waals surface area contributed by atoms with Crippen LogP contribution in [0.5, 0.6) is 0 Å². The molecule has 20 heavy (non-hydrogen) atoms. The largest absolute Gasteiger partial charge is 0.426 e. The fourth-order valence-electron chi connectivity index (χ4n) is 1.69. The molecule has 0 atom stereocenters. The van der Waals surface area contributed by atoms with Crippen molar-refractivity contribution in [3.05, 3.63) is 17.0 Å². The molecule has 0 bridgehead atoms. The highest BCUT2D eigenvalue weighted by Crippen LogP contribution is 2.24.